The van der Waals surface area contributed by atoms with Crippen molar-refractivity contribution >= 4 is 23.5 Å². The number of amides is 2. The Balaban J connectivity index is 2.17. The minimum Gasteiger partial charge on any atom is -0.480 e. The monoisotopic (exact) mass is 316 g/mol. The molecule has 0 aromatic heterocycles. The number of anilines is 1. The molecule has 1 aromatic rings. The van der Waals surface area contributed by atoms with Crippen molar-refractivity contribution in [3.8, 4) is 0 Å². The van der Waals surface area contributed by atoms with E-state index < -0.39 is 17.9 Å². The van der Waals surface area contributed by atoms with Gasteiger partial charge in [0.2, 0.25) is 5.91 Å². The Morgan fingerprint density at radius 3 is 2.78 bits per heavy atom. The lowest BCUT2D eigenvalue weighted by molar-refractivity contribution is -0.139. The van der Waals surface area contributed by atoms with Crippen LogP contribution in [0, 0.1) is 0 Å². The van der Waals surface area contributed by atoms with Crippen LogP contribution in [0.2, 0.25) is 0 Å². The van der Waals surface area contributed by atoms with Gasteiger partial charge in [0.15, 0.2) is 0 Å². The van der Waals surface area contributed by atoms with Crippen molar-refractivity contribution in [1.29, 1.82) is 0 Å². The van der Waals surface area contributed by atoms with Gasteiger partial charge in [-0.1, -0.05) is 12.2 Å². The molecule has 0 saturated heterocycles. The molecule has 2 N–H and O–H groups in total. The average molecular weight is 316 g/mol. The van der Waals surface area contributed by atoms with Crippen LogP contribution in [0.25, 0.3) is 0 Å². The summed E-state index contributed by atoms with van der Waals surface area (Å²) in [4.78, 5) is 36.7. The van der Waals surface area contributed by atoms with Crippen LogP contribution in [0.4, 0.5) is 5.69 Å². The number of aryl methyl sites for hydroxylation is 1. The molecule has 1 atom stereocenters. The Labute approximate surface area is 134 Å². The van der Waals surface area contributed by atoms with E-state index in [0.717, 1.165) is 11.3 Å². The van der Waals surface area contributed by atoms with Crippen LogP contribution >= 0.6 is 0 Å². The number of carbonyl (C=O) groups excluding carboxylic acids is 2. The zero-order valence-electron chi connectivity index (χ0n) is 13.2. The summed E-state index contributed by atoms with van der Waals surface area (Å²) in [6, 6.07) is 4.10. The van der Waals surface area contributed by atoms with Gasteiger partial charge >= 0.3 is 5.97 Å². The molecule has 1 aliphatic heterocycles. The number of carboxylic acids is 1. The van der Waals surface area contributed by atoms with Crippen LogP contribution in [0.15, 0.2) is 30.4 Å². The van der Waals surface area contributed by atoms with Gasteiger partial charge in [-0.05, 0) is 43.5 Å². The molecular weight excluding hydrogens is 296 g/mol. The number of hydrogen-bond donors (Lipinski definition) is 2. The van der Waals surface area contributed by atoms with Crippen molar-refractivity contribution in [3.63, 3.8) is 0 Å². The summed E-state index contributed by atoms with van der Waals surface area (Å²) in [5.74, 6) is -1.45. The van der Waals surface area contributed by atoms with Crippen molar-refractivity contribution in [2.24, 2.45) is 0 Å². The highest BCUT2D eigenvalue weighted by atomic mass is 16.4. The molecule has 0 bridgehead atoms. The van der Waals surface area contributed by atoms with Gasteiger partial charge in [0.05, 0.1) is 0 Å². The van der Waals surface area contributed by atoms with E-state index in [0.29, 0.717) is 18.4 Å². The van der Waals surface area contributed by atoms with Gasteiger partial charge < -0.3 is 15.3 Å². The third-order valence-corrected chi connectivity index (χ3v) is 3.90. The van der Waals surface area contributed by atoms with E-state index in [1.165, 1.54) is 0 Å². The molecule has 6 heteroatoms. The predicted octanol–water partition coefficient (Wildman–Crippen LogP) is 1.74. The van der Waals surface area contributed by atoms with Crippen molar-refractivity contribution in [2.75, 3.05) is 11.9 Å². The molecule has 23 heavy (non-hydrogen) atoms. The number of nitrogens with zero attached hydrogens (tertiary/aromatic N) is 1. The first-order chi connectivity index (χ1) is 10.9. The van der Waals surface area contributed by atoms with Crippen LogP contribution in [-0.2, 0) is 16.0 Å². The molecule has 6 nitrogen and oxygen atoms in total. The summed E-state index contributed by atoms with van der Waals surface area (Å²) < 4.78 is 0. The molecular formula is C17H20N2O4. The predicted molar refractivity (Wildman–Crippen MR) is 86.5 cm³/mol. The number of fused-ring (bicyclic) bond motifs is 1. The molecule has 0 radical (unpaired) electrons. The molecule has 122 valence electrons. The minimum absolute atomic E-state index is 0.0481. The Morgan fingerprint density at radius 1 is 1.39 bits per heavy atom. The van der Waals surface area contributed by atoms with Gasteiger partial charge in [-0.25, -0.2) is 4.79 Å². The van der Waals surface area contributed by atoms with Gasteiger partial charge in [0, 0.05) is 24.7 Å². The number of carbonyl (C=O) groups is 3. The maximum absolute atomic E-state index is 12.3. The van der Waals surface area contributed by atoms with Gasteiger partial charge in [-0.15, -0.1) is 0 Å². The van der Waals surface area contributed by atoms with Crippen LogP contribution in [0.3, 0.4) is 0 Å². The zero-order chi connectivity index (χ0) is 17.0. The van der Waals surface area contributed by atoms with E-state index in [1.54, 1.807) is 49.2 Å². The number of hydrogen-bond acceptors (Lipinski definition) is 3. The normalized spacial score (nSPS) is 15.4. The van der Waals surface area contributed by atoms with Gasteiger partial charge in [0.1, 0.15) is 6.04 Å². The molecule has 0 spiro atoms. The molecule has 2 amide bonds. The Kier molecular flexibility index (Phi) is 5.16. The smallest absolute Gasteiger partial charge is 0.326 e. The summed E-state index contributed by atoms with van der Waals surface area (Å²) in [5.41, 5.74) is 2.11. The molecule has 0 fully saturated rings. The fourth-order valence-corrected chi connectivity index (χ4v) is 2.53. The Bertz CT molecular complexity index is 667. The van der Waals surface area contributed by atoms with Crippen LogP contribution < -0.4 is 10.2 Å². The number of aliphatic carboxylic acids is 1. The van der Waals surface area contributed by atoms with Crippen molar-refractivity contribution in [3.05, 3.63) is 41.5 Å². The topological polar surface area (TPSA) is 86.7 Å². The van der Waals surface area contributed by atoms with E-state index in [9.17, 15) is 14.4 Å². The summed E-state index contributed by atoms with van der Waals surface area (Å²) in [6.45, 7) is 1.79. The van der Waals surface area contributed by atoms with Gasteiger partial charge in [-0.3, -0.25) is 9.59 Å². The summed E-state index contributed by atoms with van der Waals surface area (Å²) in [6.07, 6.45) is 4.67. The number of benzene rings is 1. The second kappa shape index (κ2) is 7.09. The van der Waals surface area contributed by atoms with E-state index >= 15 is 0 Å². The first kappa shape index (κ1) is 16.7. The molecule has 1 unspecified atom stereocenters. The van der Waals surface area contributed by atoms with Crippen LogP contribution in [0.5, 0.6) is 0 Å². The van der Waals surface area contributed by atoms with Crippen molar-refractivity contribution in [1.82, 2.24) is 5.32 Å². The molecule has 2 rings (SSSR count). The minimum atomic E-state index is -1.07. The van der Waals surface area contributed by atoms with E-state index in [2.05, 4.69) is 5.32 Å². The molecule has 1 aromatic carbocycles. The largest absolute Gasteiger partial charge is 0.480 e. The van der Waals surface area contributed by atoms with E-state index in [4.69, 9.17) is 5.11 Å². The Morgan fingerprint density at radius 2 is 2.13 bits per heavy atom. The highest BCUT2D eigenvalue weighted by Gasteiger charge is 2.23. The number of rotatable bonds is 5. The molecule has 0 aliphatic carbocycles. The standard InChI is InChI=1S/C17H20N2O4/c1-3-4-5-13(17(22)23)18-16(21)12-6-8-14-11(10-12)7-9-15(20)19(14)2/h3-4,6,8,10,13H,5,7,9H2,1-2H3,(H,18,21)(H,22,23)/b4-3+. The number of carboxylic acid groups (broad SMARTS) is 1. The van der Waals surface area contributed by atoms with Crippen molar-refractivity contribution in [2.45, 2.75) is 32.2 Å². The lowest BCUT2D eigenvalue weighted by Gasteiger charge is -2.26. The SMILES string of the molecule is C/C=C/CC(NC(=O)c1ccc2c(c1)CCC(=O)N2C)C(=O)O. The third-order valence-electron chi connectivity index (χ3n) is 3.90. The van der Waals surface area contributed by atoms with Gasteiger partial charge in [0.25, 0.3) is 5.91 Å². The van der Waals surface area contributed by atoms with Crippen LogP contribution in [0.1, 0.15) is 35.7 Å². The maximum Gasteiger partial charge on any atom is 0.326 e. The molecule has 0 saturated carbocycles. The first-order valence-corrected chi connectivity index (χ1v) is 7.48. The number of allylic oxidation sites excluding steroid dienone is 1. The highest BCUT2D eigenvalue weighted by molar-refractivity contribution is 5.99. The summed E-state index contributed by atoms with van der Waals surface area (Å²) >= 11 is 0. The number of nitrogens with one attached hydrogen (secondary N) is 1. The second-order valence-electron chi connectivity index (χ2n) is 5.47. The maximum atomic E-state index is 12.3. The third kappa shape index (κ3) is 3.77. The Hall–Kier alpha value is -2.63. The van der Waals surface area contributed by atoms with Crippen LogP contribution in [-0.4, -0.2) is 36.0 Å². The quantitative estimate of drug-likeness (QED) is 0.810. The molecule has 1 aliphatic rings. The van der Waals surface area contributed by atoms with Gasteiger partial charge in [-0.2, -0.15) is 0 Å². The fraction of sp³-hybridized carbons (Fsp3) is 0.353. The highest BCUT2D eigenvalue weighted by Crippen LogP contribution is 2.27. The van der Waals surface area contributed by atoms with Crippen molar-refractivity contribution < 1.29 is 19.5 Å². The fourth-order valence-electron chi connectivity index (χ4n) is 2.53. The van der Waals surface area contributed by atoms with E-state index in [1.807, 2.05) is 0 Å². The lowest BCUT2D eigenvalue weighted by atomic mass is 9.98. The second-order valence-corrected chi connectivity index (χ2v) is 5.47. The summed E-state index contributed by atoms with van der Waals surface area (Å²) in [5, 5.41) is 11.7. The zero-order valence-corrected chi connectivity index (χ0v) is 13.2. The van der Waals surface area contributed by atoms with E-state index in [-0.39, 0.29) is 12.3 Å². The first-order valence-electron chi connectivity index (χ1n) is 7.48. The average Bonchev–Trinajstić information content (AvgIpc) is 2.54. The molecule has 1 heterocycles. The lowest BCUT2D eigenvalue weighted by Crippen LogP contribution is -2.40. The summed E-state index contributed by atoms with van der Waals surface area (Å²) in [7, 11) is 1.71.